The van der Waals surface area contributed by atoms with Gasteiger partial charge in [0.1, 0.15) is 6.04 Å². The predicted molar refractivity (Wildman–Crippen MR) is 65.2 cm³/mol. The molecule has 0 radical (unpaired) electrons. The SMILES string of the molecule is O=C(NC(Cc1ccccc1)C(=O)O)C(Cl)Cl. The molecule has 0 aliphatic rings. The van der Waals surface area contributed by atoms with Gasteiger partial charge in [0.2, 0.25) is 0 Å². The first kappa shape index (κ1) is 13.8. The summed E-state index contributed by atoms with van der Waals surface area (Å²) in [4.78, 5) is 20.9. The number of rotatable bonds is 5. The summed E-state index contributed by atoms with van der Waals surface area (Å²) in [5, 5.41) is 11.2. The van der Waals surface area contributed by atoms with Gasteiger partial charge < -0.3 is 10.4 Å². The molecule has 2 N–H and O–H groups in total. The molecule has 92 valence electrons. The second-order valence-corrected chi connectivity index (χ2v) is 4.49. The van der Waals surface area contributed by atoms with Crippen LogP contribution in [0.25, 0.3) is 0 Å². The molecule has 0 bridgehead atoms. The summed E-state index contributed by atoms with van der Waals surface area (Å²) in [6, 6.07) is 7.93. The zero-order valence-electron chi connectivity index (χ0n) is 8.77. The van der Waals surface area contributed by atoms with Gasteiger partial charge in [0.15, 0.2) is 4.84 Å². The third kappa shape index (κ3) is 4.63. The molecule has 0 saturated heterocycles. The third-order valence-electron chi connectivity index (χ3n) is 2.10. The largest absolute Gasteiger partial charge is 0.480 e. The standard InChI is InChI=1S/C11H11Cl2NO3/c12-9(13)10(15)14-8(11(16)17)6-7-4-2-1-3-5-7/h1-5,8-9H,6H2,(H,14,15)(H,16,17). The maximum absolute atomic E-state index is 11.2. The summed E-state index contributed by atoms with van der Waals surface area (Å²) in [5.74, 6) is -1.84. The molecule has 17 heavy (non-hydrogen) atoms. The van der Waals surface area contributed by atoms with E-state index in [0.717, 1.165) is 5.56 Å². The minimum Gasteiger partial charge on any atom is -0.480 e. The van der Waals surface area contributed by atoms with Gasteiger partial charge in [-0.05, 0) is 5.56 Å². The maximum Gasteiger partial charge on any atom is 0.326 e. The Morgan fingerprint density at radius 2 is 1.82 bits per heavy atom. The van der Waals surface area contributed by atoms with Crippen LogP contribution in [0.4, 0.5) is 0 Å². The van der Waals surface area contributed by atoms with Gasteiger partial charge in [0, 0.05) is 6.42 Å². The number of carboxylic acids is 1. The van der Waals surface area contributed by atoms with Crippen molar-refractivity contribution in [2.45, 2.75) is 17.3 Å². The topological polar surface area (TPSA) is 66.4 Å². The Bertz CT molecular complexity index is 395. The van der Waals surface area contributed by atoms with Crippen LogP contribution in [0.5, 0.6) is 0 Å². The summed E-state index contributed by atoms with van der Waals surface area (Å²) in [6.07, 6.45) is 0.183. The number of halogens is 2. The van der Waals surface area contributed by atoms with Crippen LogP contribution in [0.15, 0.2) is 30.3 Å². The highest BCUT2D eigenvalue weighted by atomic mass is 35.5. The van der Waals surface area contributed by atoms with E-state index in [2.05, 4.69) is 5.32 Å². The van der Waals surface area contributed by atoms with E-state index in [0.29, 0.717) is 0 Å². The first-order chi connectivity index (χ1) is 8.00. The summed E-state index contributed by atoms with van der Waals surface area (Å²) >= 11 is 10.7. The first-order valence-electron chi connectivity index (χ1n) is 4.86. The number of hydrogen-bond acceptors (Lipinski definition) is 2. The van der Waals surface area contributed by atoms with E-state index >= 15 is 0 Å². The van der Waals surface area contributed by atoms with Crippen molar-refractivity contribution in [2.24, 2.45) is 0 Å². The maximum atomic E-state index is 11.2. The number of amides is 1. The van der Waals surface area contributed by atoms with E-state index in [1.165, 1.54) is 0 Å². The molecule has 0 saturated carbocycles. The van der Waals surface area contributed by atoms with Crippen molar-refractivity contribution in [1.82, 2.24) is 5.32 Å². The van der Waals surface area contributed by atoms with Crippen LogP contribution in [0.1, 0.15) is 5.56 Å². The number of alkyl halides is 2. The Morgan fingerprint density at radius 1 is 1.24 bits per heavy atom. The highest BCUT2D eigenvalue weighted by Crippen LogP contribution is 2.06. The van der Waals surface area contributed by atoms with E-state index < -0.39 is 22.8 Å². The lowest BCUT2D eigenvalue weighted by atomic mass is 10.1. The van der Waals surface area contributed by atoms with Crippen molar-refractivity contribution in [3.8, 4) is 0 Å². The molecule has 1 atom stereocenters. The number of hydrogen-bond donors (Lipinski definition) is 2. The van der Waals surface area contributed by atoms with Crippen LogP contribution in [-0.4, -0.2) is 27.9 Å². The smallest absolute Gasteiger partial charge is 0.326 e. The molecule has 0 aromatic heterocycles. The van der Waals surface area contributed by atoms with Crippen molar-refractivity contribution < 1.29 is 14.7 Å². The first-order valence-corrected chi connectivity index (χ1v) is 5.73. The van der Waals surface area contributed by atoms with Crippen molar-refractivity contribution in [1.29, 1.82) is 0 Å². The average molecular weight is 276 g/mol. The fourth-order valence-electron chi connectivity index (χ4n) is 1.28. The zero-order chi connectivity index (χ0) is 12.8. The van der Waals surface area contributed by atoms with Gasteiger partial charge in [-0.2, -0.15) is 0 Å². The van der Waals surface area contributed by atoms with E-state index in [4.69, 9.17) is 28.3 Å². The number of aliphatic carboxylic acids is 1. The van der Waals surface area contributed by atoms with Gasteiger partial charge in [0.25, 0.3) is 5.91 Å². The number of carboxylic acid groups (broad SMARTS) is 1. The number of carbonyl (C=O) groups excluding carboxylic acids is 1. The molecular formula is C11H11Cl2NO3. The predicted octanol–water partition coefficient (Wildman–Crippen LogP) is 1.60. The molecule has 1 aromatic rings. The molecule has 4 nitrogen and oxygen atoms in total. The minimum absolute atomic E-state index is 0.183. The number of benzene rings is 1. The monoisotopic (exact) mass is 275 g/mol. The van der Waals surface area contributed by atoms with E-state index in [-0.39, 0.29) is 6.42 Å². The fourth-order valence-corrected chi connectivity index (χ4v) is 1.41. The second-order valence-electron chi connectivity index (χ2n) is 3.39. The molecule has 0 aliphatic carbocycles. The minimum atomic E-state index is -1.27. The molecule has 1 amide bonds. The third-order valence-corrected chi connectivity index (χ3v) is 2.49. The number of nitrogens with one attached hydrogen (secondary N) is 1. The van der Waals surface area contributed by atoms with E-state index in [9.17, 15) is 9.59 Å². The summed E-state index contributed by atoms with van der Waals surface area (Å²) < 4.78 is 0. The summed E-state index contributed by atoms with van der Waals surface area (Å²) in [7, 11) is 0. The van der Waals surface area contributed by atoms with Crippen LogP contribution in [0.2, 0.25) is 0 Å². The van der Waals surface area contributed by atoms with Gasteiger partial charge in [-0.1, -0.05) is 53.5 Å². The highest BCUT2D eigenvalue weighted by molar-refractivity contribution is 6.53. The summed E-state index contributed by atoms with van der Waals surface area (Å²) in [6.45, 7) is 0. The Kier molecular flexibility index (Phi) is 5.25. The quantitative estimate of drug-likeness (QED) is 0.803. The molecule has 0 aliphatic heterocycles. The lowest BCUT2D eigenvalue weighted by Gasteiger charge is -2.14. The van der Waals surface area contributed by atoms with Crippen LogP contribution in [0.3, 0.4) is 0 Å². The van der Waals surface area contributed by atoms with Crippen molar-refractivity contribution in [2.75, 3.05) is 0 Å². The molecule has 1 rings (SSSR count). The lowest BCUT2D eigenvalue weighted by molar-refractivity contribution is -0.141. The fraction of sp³-hybridized carbons (Fsp3) is 0.273. The van der Waals surface area contributed by atoms with Gasteiger partial charge in [-0.3, -0.25) is 4.79 Å². The zero-order valence-corrected chi connectivity index (χ0v) is 10.3. The molecule has 1 unspecified atom stereocenters. The van der Waals surface area contributed by atoms with Crippen LogP contribution in [0, 0.1) is 0 Å². The normalized spacial score (nSPS) is 12.2. The lowest BCUT2D eigenvalue weighted by Crippen LogP contribution is -2.44. The Balaban J connectivity index is 2.68. The highest BCUT2D eigenvalue weighted by Gasteiger charge is 2.22. The van der Waals surface area contributed by atoms with E-state index in [1.807, 2.05) is 6.07 Å². The Labute approximate surface area is 109 Å². The van der Waals surface area contributed by atoms with Crippen LogP contribution >= 0.6 is 23.2 Å². The molecular weight excluding hydrogens is 265 g/mol. The average Bonchev–Trinajstić information content (AvgIpc) is 2.29. The molecule has 0 spiro atoms. The molecule has 0 fully saturated rings. The molecule has 6 heteroatoms. The second kappa shape index (κ2) is 6.47. The van der Waals surface area contributed by atoms with Crippen molar-refractivity contribution >= 4 is 35.1 Å². The van der Waals surface area contributed by atoms with Crippen molar-refractivity contribution in [3.05, 3.63) is 35.9 Å². The van der Waals surface area contributed by atoms with Gasteiger partial charge in [-0.25, -0.2) is 4.79 Å². The molecule has 1 aromatic carbocycles. The Morgan fingerprint density at radius 3 is 2.29 bits per heavy atom. The number of carbonyl (C=O) groups is 2. The molecule has 0 heterocycles. The van der Waals surface area contributed by atoms with Crippen molar-refractivity contribution in [3.63, 3.8) is 0 Å². The van der Waals surface area contributed by atoms with Gasteiger partial charge in [-0.15, -0.1) is 0 Å². The van der Waals surface area contributed by atoms with Crippen LogP contribution < -0.4 is 5.32 Å². The van der Waals surface area contributed by atoms with Gasteiger partial charge in [0.05, 0.1) is 0 Å². The van der Waals surface area contributed by atoms with E-state index in [1.54, 1.807) is 24.3 Å². The van der Waals surface area contributed by atoms with Gasteiger partial charge >= 0.3 is 5.97 Å². The Hall–Kier alpha value is -1.26. The summed E-state index contributed by atoms with van der Waals surface area (Å²) in [5.41, 5.74) is 0.806. The van der Waals surface area contributed by atoms with Crippen LogP contribution in [-0.2, 0) is 16.0 Å².